The Balaban J connectivity index is 2.60. The van der Waals surface area contributed by atoms with Crippen LogP contribution in [0.25, 0.3) is 0 Å². The fourth-order valence-corrected chi connectivity index (χ4v) is 2.63. The van der Waals surface area contributed by atoms with Crippen LogP contribution in [0.2, 0.25) is 0 Å². The van der Waals surface area contributed by atoms with Gasteiger partial charge in [0.2, 0.25) is 0 Å². The van der Waals surface area contributed by atoms with E-state index in [1.165, 1.54) is 5.56 Å². The van der Waals surface area contributed by atoms with E-state index in [0.29, 0.717) is 11.8 Å². The first kappa shape index (κ1) is 21.5. The van der Waals surface area contributed by atoms with Gasteiger partial charge in [0.1, 0.15) is 0 Å². The summed E-state index contributed by atoms with van der Waals surface area (Å²) in [6, 6.07) is 0. The fraction of sp³-hybridized carbons (Fsp3) is 0.789. The Hall–Kier alpha value is -1.56. The summed E-state index contributed by atoms with van der Waals surface area (Å²) in [4.78, 5) is 6.90. The largest absolute Gasteiger partial charge is 0.381 e. The highest BCUT2D eigenvalue weighted by atomic mass is 16.5. The molecular weight excluding hydrogens is 314 g/mol. The van der Waals surface area contributed by atoms with Crippen LogP contribution in [0.5, 0.6) is 0 Å². The third-order valence-corrected chi connectivity index (χ3v) is 3.75. The van der Waals surface area contributed by atoms with Crippen molar-refractivity contribution < 1.29 is 4.74 Å². The van der Waals surface area contributed by atoms with Gasteiger partial charge in [-0.05, 0) is 25.2 Å². The summed E-state index contributed by atoms with van der Waals surface area (Å²) in [5, 5.41) is 7.97. The monoisotopic (exact) mass is 351 g/mol. The first-order valence-corrected chi connectivity index (χ1v) is 9.44. The van der Waals surface area contributed by atoms with Crippen molar-refractivity contribution in [2.24, 2.45) is 18.0 Å². The molecule has 6 nitrogen and oxygen atoms in total. The molecule has 1 N–H and O–H groups in total. The van der Waals surface area contributed by atoms with Crippen molar-refractivity contribution in [1.82, 2.24) is 20.0 Å². The molecule has 0 aliphatic heterocycles. The van der Waals surface area contributed by atoms with Crippen LogP contribution in [0.15, 0.2) is 11.2 Å². The zero-order valence-corrected chi connectivity index (χ0v) is 17.2. The van der Waals surface area contributed by atoms with Gasteiger partial charge in [0.05, 0.1) is 5.69 Å². The summed E-state index contributed by atoms with van der Waals surface area (Å²) < 4.78 is 7.52. The summed E-state index contributed by atoms with van der Waals surface area (Å²) >= 11 is 0. The maximum Gasteiger partial charge on any atom is 0.193 e. The average Bonchev–Trinajstić information content (AvgIpc) is 2.89. The maximum atomic E-state index is 5.62. The van der Waals surface area contributed by atoms with Gasteiger partial charge in [0.25, 0.3) is 0 Å². The number of hydrogen-bond donors (Lipinski definition) is 1. The second kappa shape index (κ2) is 11.1. The molecule has 1 heterocycles. The third kappa shape index (κ3) is 7.90. The molecule has 0 saturated heterocycles. The van der Waals surface area contributed by atoms with Crippen LogP contribution in [0.4, 0.5) is 0 Å². The van der Waals surface area contributed by atoms with E-state index in [0.717, 1.165) is 50.9 Å². The average molecular weight is 352 g/mol. The smallest absolute Gasteiger partial charge is 0.193 e. The Kier molecular flexibility index (Phi) is 9.57. The molecule has 0 bridgehead atoms. The van der Waals surface area contributed by atoms with Gasteiger partial charge in [-0.3, -0.25) is 9.67 Å². The zero-order chi connectivity index (χ0) is 18.8. The lowest BCUT2D eigenvalue weighted by Crippen LogP contribution is -2.38. The predicted octanol–water partition coefficient (Wildman–Crippen LogP) is 3.00. The topological polar surface area (TPSA) is 54.7 Å². The molecule has 0 spiro atoms. The van der Waals surface area contributed by atoms with Crippen molar-refractivity contribution in [3.05, 3.63) is 17.5 Å². The molecule has 0 fully saturated rings. The number of aliphatic imine (C=N–C) groups is 1. The van der Waals surface area contributed by atoms with E-state index in [9.17, 15) is 0 Å². The standard InChI is InChI=1S/C19H37N5O/c1-8-20-19(21-10-9-11-25-14-15(2)3)23(6)12-17-13-24(7)22-18(17)16(4)5/h13,15-16H,8-12,14H2,1-7H3,(H,20,21). The molecule has 0 aromatic carbocycles. The molecule has 0 aliphatic rings. The molecule has 0 saturated carbocycles. The highest BCUT2D eigenvalue weighted by Crippen LogP contribution is 2.18. The van der Waals surface area contributed by atoms with E-state index in [4.69, 9.17) is 9.73 Å². The van der Waals surface area contributed by atoms with Crippen LogP contribution >= 0.6 is 0 Å². The maximum absolute atomic E-state index is 5.62. The molecule has 0 radical (unpaired) electrons. The number of aromatic nitrogens is 2. The SMILES string of the molecule is CCNC(=NCCCOCC(C)C)N(C)Cc1cn(C)nc1C(C)C. The molecule has 1 rings (SSSR count). The van der Waals surface area contributed by atoms with E-state index < -0.39 is 0 Å². The minimum Gasteiger partial charge on any atom is -0.381 e. The lowest BCUT2D eigenvalue weighted by Gasteiger charge is -2.22. The third-order valence-electron chi connectivity index (χ3n) is 3.75. The van der Waals surface area contributed by atoms with Crippen molar-refractivity contribution in [2.75, 3.05) is 33.4 Å². The van der Waals surface area contributed by atoms with Crippen molar-refractivity contribution in [3.63, 3.8) is 0 Å². The summed E-state index contributed by atoms with van der Waals surface area (Å²) in [5.41, 5.74) is 2.41. The van der Waals surface area contributed by atoms with E-state index >= 15 is 0 Å². The van der Waals surface area contributed by atoms with Gasteiger partial charge in [-0.2, -0.15) is 5.10 Å². The Morgan fingerprint density at radius 2 is 2.08 bits per heavy atom. The minimum atomic E-state index is 0.419. The zero-order valence-electron chi connectivity index (χ0n) is 17.2. The quantitative estimate of drug-likeness (QED) is 0.400. The second-order valence-corrected chi connectivity index (χ2v) is 7.28. The van der Waals surface area contributed by atoms with Gasteiger partial charge in [-0.15, -0.1) is 0 Å². The molecule has 0 atom stereocenters. The fourth-order valence-electron chi connectivity index (χ4n) is 2.63. The lowest BCUT2D eigenvalue weighted by atomic mass is 10.1. The van der Waals surface area contributed by atoms with Gasteiger partial charge in [-0.25, -0.2) is 0 Å². The van der Waals surface area contributed by atoms with Gasteiger partial charge < -0.3 is 15.0 Å². The highest BCUT2D eigenvalue weighted by Gasteiger charge is 2.15. The molecule has 25 heavy (non-hydrogen) atoms. The van der Waals surface area contributed by atoms with Gasteiger partial charge in [-0.1, -0.05) is 27.7 Å². The first-order chi connectivity index (χ1) is 11.8. The normalized spacial score (nSPS) is 12.3. The predicted molar refractivity (Wildman–Crippen MR) is 105 cm³/mol. The van der Waals surface area contributed by atoms with Crippen molar-refractivity contribution in [3.8, 4) is 0 Å². The number of aryl methyl sites for hydroxylation is 1. The number of nitrogens with zero attached hydrogens (tertiary/aromatic N) is 4. The van der Waals surface area contributed by atoms with Crippen molar-refractivity contribution in [2.45, 2.75) is 53.5 Å². The van der Waals surface area contributed by atoms with E-state index in [-0.39, 0.29) is 0 Å². The van der Waals surface area contributed by atoms with E-state index in [2.05, 4.69) is 63.2 Å². The molecule has 6 heteroatoms. The molecule has 0 unspecified atom stereocenters. The molecule has 1 aromatic heterocycles. The Labute approximate surface area is 153 Å². The molecular formula is C19H37N5O. The van der Waals surface area contributed by atoms with Gasteiger partial charge in [0.15, 0.2) is 5.96 Å². The van der Waals surface area contributed by atoms with Crippen LogP contribution in [0.3, 0.4) is 0 Å². The molecule has 144 valence electrons. The number of ether oxygens (including phenoxy) is 1. The minimum absolute atomic E-state index is 0.419. The van der Waals surface area contributed by atoms with Gasteiger partial charge >= 0.3 is 0 Å². The van der Waals surface area contributed by atoms with Crippen LogP contribution < -0.4 is 5.32 Å². The first-order valence-electron chi connectivity index (χ1n) is 9.44. The van der Waals surface area contributed by atoms with Crippen LogP contribution in [0, 0.1) is 5.92 Å². The number of guanidine groups is 1. The Morgan fingerprint density at radius 3 is 2.68 bits per heavy atom. The lowest BCUT2D eigenvalue weighted by molar-refractivity contribution is 0.109. The summed E-state index contributed by atoms with van der Waals surface area (Å²) in [6.07, 6.45) is 3.05. The second-order valence-electron chi connectivity index (χ2n) is 7.28. The Bertz CT molecular complexity index is 522. The molecule has 0 aliphatic carbocycles. The van der Waals surface area contributed by atoms with Gasteiger partial charge in [0, 0.05) is 58.7 Å². The van der Waals surface area contributed by atoms with Crippen molar-refractivity contribution in [1.29, 1.82) is 0 Å². The van der Waals surface area contributed by atoms with Crippen LogP contribution in [-0.2, 0) is 18.3 Å². The number of hydrogen-bond acceptors (Lipinski definition) is 3. The summed E-state index contributed by atoms with van der Waals surface area (Å²) in [7, 11) is 4.06. The van der Waals surface area contributed by atoms with Crippen LogP contribution in [-0.4, -0.2) is 54.0 Å². The number of rotatable bonds is 10. The summed E-state index contributed by atoms with van der Waals surface area (Å²) in [6.45, 7) is 14.8. The van der Waals surface area contributed by atoms with E-state index in [1.807, 2.05) is 11.7 Å². The molecule has 1 aromatic rings. The number of nitrogens with one attached hydrogen (secondary N) is 1. The highest BCUT2D eigenvalue weighted by molar-refractivity contribution is 5.79. The van der Waals surface area contributed by atoms with Crippen molar-refractivity contribution >= 4 is 5.96 Å². The van der Waals surface area contributed by atoms with Crippen LogP contribution in [0.1, 0.15) is 58.2 Å². The molecule has 0 amide bonds. The van der Waals surface area contributed by atoms with E-state index in [1.54, 1.807) is 0 Å². The summed E-state index contributed by atoms with van der Waals surface area (Å²) in [5.74, 6) is 1.94. The Morgan fingerprint density at radius 1 is 1.36 bits per heavy atom.